The van der Waals surface area contributed by atoms with Crippen molar-refractivity contribution in [1.82, 2.24) is 4.98 Å². The molecule has 96 valence electrons. The summed E-state index contributed by atoms with van der Waals surface area (Å²) in [6.07, 6.45) is -5.65. The minimum atomic E-state index is -5.65. The topological polar surface area (TPSA) is 12.9 Å². The Morgan fingerprint density at radius 3 is 2.22 bits per heavy atom. The molecule has 0 saturated carbocycles. The third-order valence-electron chi connectivity index (χ3n) is 2.36. The van der Waals surface area contributed by atoms with Crippen LogP contribution in [0.3, 0.4) is 0 Å². The van der Waals surface area contributed by atoms with E-state index in [0.717, 1.165) is 0 Å². The molecular weight excluding hydrogens is 321 g/mol. The maximum absolute atomic E-state index is 13.1. The van der Waals surface area contributed by atoms with Crippen molar-refractivity contribution in [3.05, 3.63) is 40.5 Å². The molecule has 2 rings (SSSR count). The van der Waals surface area contributed by atoms with Crippen LogP contribution in [-0.2, 0) is 5.92 Å². The summed E-state index contributed by atoms with van der Waals surface area (Å²) in [5.74, 6) is -4.95. The lowest BCUT2D eigenvalue weighted by Gasteiger charge is -2.19. The Balaban J connectivity index is 2.62. The average Bonchev–Trinajstić information content (AvgIpc) is 2.27. The maximum Gasteiger partial charge on any atom is 0.459 e. The van der Waals surface area contributed by atoms with Gasteiger partial charge in [-0.25, -0.2) is 4.98 Å². The molecule has 0 radical (unpaired) electrons. The fraction of sp³-hybridized carbons (Fsp3) is 0.182. The van der Waals surface area contributed by atoms with Gasteiger partial charge in [-0.1, -0.05) is 22.0 Å². The van der Waals surface area contributed by atoms with Crippen molar-refractivity contribution in [2.24, 2.45) is 0 Å². The molecule has 0 amide bonds. The summed E-state index contributed by atoms with van der Waals surface area (Å²) in [7, 11) is 0. The van der Waals surface area contributed by atoms with Gasteiger partial charge in [0.2, 0.25) is 0 Å². The van der Waals surface area contributed by atoms with E-state index >= 15 is 0 Å². The van der Waals surface area contributed by atoms with Crippen LogP contribution in [0.15, 0.2) is 34.8 Å². The Hall–Kier alpha value is -1.24. The van der Waals surface area contributed by atoms with E-state index in [1.165, 1.54) is 18.2 Å². The van der Waals surface area contributed by atoms with E-state index in [9.17, 15) is 22.0 Å². The number of halogens is 6. The maximum atomic E-state index is 13.1. The molecule has 0 atom stereocenters. The Bertz CT molecular complexity index is 593. The van der Waals surface area contributed by atoms with Crippen LogP contribution < -0.4 is 0 Å². The highest BCUT2D eigenvalue weighted by Crippen LogP contribution is 2.43. The lowest BCUT2D eigenvalue weighted by molar-refractivity contribution is -0.290. The number of benzene rings is 1. The first-order valence-electron chi connectivity index (χ1n) is 4.74. The van der Waals surface area contributed by atoms with E-state index in [4.69, 9.17) is 0 Å². The van der Waals surface area contributed by atoms with Crippen molar-refractivity contribution < 1.29 is 22.0 Å². The number of fused-ring (bicyclic) bond motifs is 1. The van der Waals surface area contributed by atoms with Gasteiger partial charge in [0.25, 0.3) is 0 Å². The highest BCUT2D eigenvalue weighted by molar-refractivity contribution is 9.10. The van der Waals surface area contributed by atoms with E-state index in [2.05, 4.69) is 20.9 Å². The number of hydrogen-bond donors (Lipinski definition) is 0. The first-order valence-corrected chi connectivity index (χ1v) is 5.53. The molecular formula is C11H5BrF5N. The molecule has 0 spiro atoms. The molecule has 1 nitrogen and oxygen atoms in total. The van der Waals surface area contributed by atoms with Gasteiger partial charge in [-0.3, -0.25) is 0 Å². The van der Waals surface area contributed by atoms with Crippen molar-refractivity contribution >= 4 is 26.8 Å². The quantitative estimate of drug-likeness (QED) is 0.695. The second kappa shape index (κ2) is 4.15. The van der Waals surface area contributed by atoms with Gasteiger partial charge in [0.1, 0.15) is 5.69 Å². The molecule has 7 heteroatoms. The number of rotatable bonds is 1. The van der Waals surface area contributed by atoms with E-state index in [0.29, 0.717) is 15.9 Å². The fourth-order valence-electron chi connectivity index (χ4n) is 1.44. The fourth-order valence-corrected chi connectivity index (χ4v) is 1.93. The zero-order chi connectivity index (χ0) is 13.6. The molecule has 1 aromatic heterocycles. The SMILES string of the molecule is FC(F)(F)C(F)(F)c1ccc2c(Br)cccc2n1. The van der Waals surface area contributed by atoms with Crippen LogP contribution in [0, 0.1) is 0 Å². The van der Waals surface area contributed by atoms with Crippen molar-refractivity contribution in [1.29, 1.82) is 0 Å². The molecule has 0 aliphatic carbocycles. The summed E-state index contributed by atoms with van der Waals surface area (Å²) < 4.78 is 63.4. The molecule has 0 fully saturated rings. The highest BCUT2D eigenvalue weighted by Gasteiger charge is 2.59. The van der Waals surface area contributed by atoms with Gasteiger partial charge in [-0.05, 0) is 24.3 Å². The summed E-state index contributed by atoms with van der Waals surface area (Å²) in [5, 5.41) is 0.472. The van der Waals surface area contributed by atoms with Crippen molar-refractivity contribution in [2.45, 2.75) is 12.1 Å². The standard InChI is InChI=1S/C11H5BrF5N/c12-7-2-1-3-8-6(7)4-5-9(18-8)10(13,14)11(15,16)17/h1-5H. The van der Waals surface area contributed by atoms with Crippen LogP contribution in [0.25, 0.3) is 10.9 Å². The lowest BCUT2D eigenvalue weighted by atomic mass is 10.1. The van der Waals surface area contributed by atoms with E-state index in [1.807, 2.05) is 0 Å². The summed E-state index contributed by atoms with van der Waals surface area (Å²) in [6.45, 7) is 0. The predicted molar refractivity (Wildman–Crippen MR) is 59.4 cm³/mol. The molecule has 2 aromatic rings. The predicted octanol–water partition coefficient (Wildman–Crippen LogP) is 4.65. The third kappa shape index (κ3) is 2.07. The van der Waals surface area contributed by atoms with Crippen LogP contribution in [0.2, 0.25) is 0 Å². The normalized spacial score (nSPS) is 13.0. The number of aromatic nitrogens is 1. The summed E-state index contributed by atoms with van der Waals surface area (Å²) in [6, 6.07) is 6.39. The van der Waals surface area contributed by atoms with Crippen LogP contribution in [0.1, 0.15) is 5.69 Å². The molecule has 0 unspecified atom stereocenters. The molecule has 0 N–H and O–H groups in total. The molecule has 0 aliphatic heterocycles. The van der Waals surface area contributed by atoms with Crippen LogP contribution in [0.5, 0.6) is 0 Å². The van der Waals surface area contributed by atoms with Gasteiger partial charge in [0, 0.05) is 9.86 Å². The number of nitrogens with zero attached hydrogens (tertiary/aromatic N) is 1. The van der Waals surface area contributed by atoms with Crippen LogP contribution >= 0.6 is 15.9 Å². The highest BCUT2D eigenvalue weighted by atomic mass is 79.9. The molecule has 1 heterocycles. The first-order chi connectivity index (χ1) is 8.23. The Kier molecular flexibility index (Phi) is 3.04. The smallest absolute Gasteiger partial charge is 0.246 e. The van der Waals surface area contributed by atoms with Gasteiger partial charge in [-0.2, -0.15) is 22.0 Å². The first kappa shape index (κ1) is 13.2. The van der Waals surface area contributed by atoms with Gasteiger partial charge in [-0.15, -0.1) is 0 Å². The van der Waals surface area contributed by atoms with Gasteiger partial charge in [0.15, 0.2) is 0 Å². The van der Waals surface area contributed by atoms with E-state index < -0.39 is 17.8 Å². The zero-order valence-corrected chi connectivity index (χ0v) is 10.2. The van der Waals surface area contributed by atoms with Gasteiger partial charge < -0.3 is 0 Å². The van der Waals surface area contributed by atoms with Crippen LogP contribution in [0.4, 0.5) is 22.0 Å². The van der Waals surface area contributed by atoms with Gasteiger partial charge in [0.05, 0.1) is 5.52 Å². The minimum absolute atomic E-state index is 0.0748. The number of alkyl halides is 5. The third-order valence-corrected chi connectivity index (χ3v) is 3.05. The molecule has 1 aromatic carbocycles. The molecule has 18 heavy (non-hydrogen) atoms. The Morgan fingerprint density at radius 2 is 1.61 bits per heavy atom. The van der Waals surface area contributed by atoms with Gasteiger partial charge >= 0.3 is 12.1 Å². The van der Waals surface area contributed by atoms with Crippen LogP contribution in [-0.4, -0.2) is 11.2 Å². The summed E-state index contributed by atoms with van der Waals surface area (Å²) >= 11 is 3.16. The number of pyridine rings is 1. The monoisotopic (exact) mass is 325 g/mol. The van der Waals surface area contributed by atoms with E-state index in [-0.39, 0.29) is 5.52 Å². The summed E-state index contributed by atoms with van der Waals surface area (Å²) in [4.78, 5) is 3.37. The average molecular weight is 326 g/mol. The largest absolute Gasteiger partial charge is 0.459 e. The van der Waals surface area contributed by atoms with Crippen molar-refractivity contribution in [3.63, 3.8) is 0 Å². The summed E-state index contributed by atoms with van der Waals surface area (Å²) in [5.41, 5.74) is -1.23. The Morgan fingerprint density at radius 1 is 0.944 bits per heavy atom. The second-order valence-corrected chi connectivity index (χ2v) is 4.43. The van der Waals surface area contributed by atoms with Crippen molar-refractivity contribution in [2.75, 3.05) is 0 Å². The minimum Gasteiger partial charge on any atom is -0.246 e. The van der Waals surface area contributed by atoms with Crippen molar-refractivity contribution in [3.8, 4) is 0 Å². The van der Waals surface area contributed by atoms with E-state index in [1.54, 1.807) is 6.07 Å². The second-order valence-electron chi connectivity index (χ2n) is 3.58. The molecule has 0 saturated heterocycles. The zero-order valence-electron chi connectivity index (χ0n) is 8.60. The number of hydrogen-bond acceptors (Lipinski definition) is 1. The molecule has 0 aliphatic rings. The molecule has 0 bridgehead atoms. The lowest BCUT2D eigenvalue weighted by Crippen LogP contribution is -2.34. The Labute approximate surface area is 107 Å².